The average molecular weight is 418 g/mol. The number of nitro groups is 1. The predicted octanol–water partition coefficient (Wildman–Crippen LogP) is -0.318. The molecule has 1 amide bonds. The third kappa shape index (κ3) is 6.08. The van der Waals surface area contributed by atoms with Crippen molar-refractivity contribution in [3.05, 3.63) is 74.8 Å². The summed E-state index contributed by atoms with van der Waals surface area (Å²) in [7, 11) is 0. The molecule has 0 spiro atoms. The largest absolute Gasteiger partial charge is 0.322 e. The monoisotopic (exact) mass is 417 g/mol. The highest BCUT2D eigenvalue weighted by atomic mass is 35.5. The van der Waals surface area contributed by atoms with Gasteiger partial charge < -0.3 is 9.80 Å². The summed E-state index contributed by atoms with van der Waals surface area (Å²) < 4.78 is 0. The molecule has 29 heavy (non-hydrogen) atoms. The van der Waals surface area contributed by atoms with Crippen molar-refractivity contribution < 1.29 is 19.5 Å². The zero-order valence-electron chi connectivity index (χ0n) is 15.9. The number of rotatable bonds is 7. The smallest absolute Gasteiger partial charge is 0.295 e. The van der Waals surface area contributed by atoms with E-state index < -0.39 is 4.92 Å². The third-order valence-electron chi connectivity index (χ3n) is 5.00. The number of nitrogens with zero attached hydrogens (tertiary/aromatic N) is 2. The van der Waals surface area contributed by atoms with E-state index in [2.05, 4.69) is 16.6 Å². The Morgan fingerprint density at radius 3 is 2.48 bits per heavy atom. The molecule has 2 aromatic rings. The van der Waals surface area contributed by atoms with Gasteiger partial charge in [0.1, 0.15) is 32.7 Å². The van der Waals surface area contributed by atoms with Gasteiger partial charge in [0.15, 0.2) is 6.54 Å². The molecule has 1 fully saturated rings. The van der Waals surface area contributed by atoms with Crippen LogP contribution in [0, 0.1) is 10.1 Å². The zero-order chi connectivity index (χ0) is 20.6. The van der Waals surface area contributed by atoms with Crippen LogP contribution in [0.5, 0.6) is 0 Å². The van der Waals surface area contributed by atoms with Crippen molar-refractivity contribution >= 4 is 29.4 Å². The summed E-state index contributed by atoms with van der Waals surface area (Å²) in [4.78, 5) is 25.3. The Hall–Kier alpha value is -2.81. The fourth-order valence-corrected chi connectivity index (χ4v) is 3.63. The normalized spacial score (nSPS) is 19.2. The van der Waals surface area contributed by atoms with Crippen LogP contribution in [0.1, 0.15) is 11.1 Å². The molecule has 2 aromatic carbocycles. The molecule has 1 aliphatic heterocycles. The number of hydrogen-bond donors (Lipinski definition) is 3. The van der Waals surface area contributed by atoms with Crippen LogP contribution in [0.2, 0.25) is 5.02 Å². The fraction of sp³-hybridized carbons (Fsp3) is 0.300. The molecule has 0 atom stereocenters. The van der Waals surface area contributed by atoms with Crippen molar-refractivity contribution in [1.29, 1.82) is 0 Å². The van der Waals surface area contributed by atoms with Crippen molar-refractivity contribution in [3.8, 4) is 0 Å². The maximum atomic E-state index is 12.1. The van der Waals surface area contributed by atoms with Gasteiger partial charge in [-0.05, 0) is 12.1 Å². The highest BCUT2D eigenvalue weighted by Gasteiger charge is 2.25. The number of carbonyl (C=O) groups excluding carboxylic acids is 1. The molecule has 0 radical (unpaired) electrons. The molecule has 1 heterocycles. The first-order valence-electron chi connectivity index (χ1n) is 9.49. The Morgan fingerprint density at radius 1 is 1.10 bits per heavy atom. The highest BCUT2D eigenvalue weighted by Crippen LogP contribution is 2.15. The van der Waals surface area contributed by atoms with E-state index in [1.54, 1.807) is 18.2 Å². The van der Waals surface area contributed by atoms with Gasteiger partial charge in [0, 0.05) is 16.7 Å². The number of nitro benzene ring substituents is 1. The van der Waals surface area contributed by atoms with E-state index in [1.165, 1.54) is 22.1 Å². The van der Waals surface area contributed by atoms with Gasteiger partial charge in [-0.15, -0.1) is 0 Å². The molecule has 152 valence electrons. The molecule has 0 aliphatic carbocycles. The lowest BCUT2D eigenvalue weighted by Gasteiger charge is -2.29. The molecule has 9 heteroatoms. The second-order valence-corrected chi connectivity index (χ2v) is 7.46. The van der Waals surface area contributed by atoms with E-state index in [4.69, 9.17) is 11.6 Å². The first kappa shape index (κ1) is 20.9. The zero-order valence-corrected chi connectivity index (χ0v) is 16.7. The van der Waals surface area contributed by atoms with Crippen molar-refractivity contribution in [1.82, 2.24) is 5.43 Å². The van der Waals surface area contributed by atoms with Crippen molar-refractivity contribution in [2.24, 2.45) is 5.10 Å². The van der Waals surface area contributed by atoms with Crippen molar-refractivity contribution in [3.63, 3.8) is 0 Å². The van der Waals surface area contributed by atoms with Crippen molar-refractivity contribution in [2.45, 2.75) is 6.54 Å². The van der Waals surface area contributed by atoms with Gasteiger partial charge >= 0.3 is 0 Å². The first-order valence-corrected chi connectivity index (χ1v) is 9.86. The SMILES string of the molecule is O=C(C[NH+]1CC[NH+](Cc2ccccc2Cl)CC1)NN=Cc1ccccc1[N+](=O)[O-]. The molecule has 3 N–H and O–H groups in total. The van der Waals surface area contributed by atoms with Crippen LogP contribution in [0.4, 0.5) is 5.69 Å². The van der Waals surface area contributed by atoms with E-state index in [9.17, 15) is 14.9 Å². The molecule has 1 saturated heterocycles. The lowest BCUT2D eigenvalue weighted by molar-refractivity contribution is -1.02. The maximum absolute atomic E-state index is 12.1. The van der Waals surface area contributed by atoms with Crippen LogP contribution in [-0.4, -0.2) is 49.8 Å². The van der Waals surface area contributed by atoms with Gasteiger partial charge in [-0.2, -0.15) is 5.10 Å². The molecule has 0 bridgehead atoms. The number of nitrogens with one attached hydrogen (secondary N) is 3. The minimum Gasteiger partial charge on any atom is -0.322 e. The second kappa shape index (κ2) is 10.1. The van der Waals surface area contributed by atoms with Gasteiger partial charge in [-0.25, -0.2) is 5.43 Å². The van der Waals surface area contributed by atoms with E-state index in [-0.39, 0.29) is 11.6 Å². The molecule has 8 nitrogen and oxygen atoms in total. The quantitative estimate of drug-likeness (QED) is 0.327. The number of para-hydroxylation sites is 1. The standard InChI is InChI=1S/C20H22ClN5O3/c21-18-7-3-1-6-17(18)14-24-9-11-25(12-10-24)15-20(27)23-22-13-16-5-2-4-8-19(16)26(28)29/h1-8,13H,9-12,14-15H2,(H,23,27)/p+2. The average Bonchev–Trinajstić information content (AvgIpc) is 2.71. The minimum atomic E-state index is -0.474. The molecular formula is C20H24ClN5O3+2. The minimum absolute atomic E-state index is 0.0475. The molecule has 0 unspecified atom stereocenters. The number of piperazine rings is 1. The third-order valence-corrected chi connectivity index (χ3v) is 5.37. The summed E-state index contributed by atoms with van der Waals surface area (Å²) in [5.74, 6) is -0.204. The fourth-order valence-electron chi connectivity index (χ4n) is 3.43. The molecule has 1 aliphatic rings. The lowest BCUT2D eigenvalue weighted by Crippen LogP contribution is -3.28. The predicted molar refractivity (Wildman–Crippen MR) is 110 cm³/mol. The van der Waals surface area contributed by atoms with Crippen LogP contribution in [0.25, 0.3) is 0 Å². The number of halogens is 1. The summed E-state index contributed by atoms with van der Waals surface area (Å²) >= 11 is 6.24. The van der Waals surface area contributed by atoms with Crippen LogP contribution in [0.15, 0.2) is 53.6 Å². The summed E-state index contributed by atoms with van der Waals surface area (Å²) in [5, 5.41) is 15.7. The van der Waals surface area contributed by atoms with E-state index >= 15 is 0 Å². The number of quaternary nitrogens is 2. The number of benzene rings is 2. The van der Waals surface area contributed by atoms with Crippen LogP contribution in [-0.2, 0) is 11.3 Å². The van der Waals surface area contributed by atoms with Gasteiger partial charge in [0.05, 0.1) is 16.7 Å². The van der Waals surface area contributed by atoms with Gasteiger partial charge in [0.2, 0.25) is 0 Å². The number of hydrazone groups is 1. The maximum Gasteiger partial charge on any atom is 0.295 e. The number of hydrogen-bond acceptors (Lipinski definition) is 4. The Balaban J connectivity index is 1.43. The molecule has 0 aromatic heterocycles. The summed E-state index contributed by atoms with van der Waals surface area (Å²) in [6.07, 6.45) is 1.30. The summed E-state index contributed by atoms with van der Waals surface area (Å²) in [6.45, 7) is 4.93. The second-order valence-electron chi connectivity index (χ2n) is 7.05. The Morgan fingerprint density at radius 2 is 1.76 bits per heavy atom. The van der Waals surface area contributed by atoms with Crippen molar-refractivity contribution in [2.75, 3.05) is 32.7 Å². The van der Waals surface area contributed by atoms with Crippen LogP contribution < -0.4 is 15.2 Å². The van der Waals surface area contributed by atoms with Gasteiger partial charge in [-0.3, -0.25) is 14.9 Å². The van der Waals surface area contributed by atoms with Crippen LogP contribution in [0.3, 0.4) is 0 Å². The highest BCUT2D eigenvalue weighted by molar-refractivity contribution is 6.31. The Bertz CT molecular complexity index is 897. The number of carbonyl (C=O) groups is 1. The lowest BCUT2D eigenvalue weighted by atomic mass is 10.2. The Kier molecular flexibility index (Phi) is 7.29. The van der Waals surface area contributed by atoms with Gasteiger partial charge in [-0.1, -0.05) is 41.9 Å². The van der Waals surface area contributed by atoms with E-state index in [1.807, 2.05) is 18.2 Å². The Labute approximate surface area is 173 Å². The molecule has 0 saturated carbocycles. The topological polar surface area (TPSA) is 93.5 Å². The summed E-state index contributed by atoms with van der Waals surface area (Å²) in [6, 6.07) is 14.1. The first-order chi connectivity index (χ1) is 14.0. The van der Waals surface area contributed by atoms with E-state index in [0.29, 0.717) is 12.1 Å². The number of amides is 1. The molecular weight excluding hydrogens is 394 g/mol. The summed E-state index contributed by atoms with van der Waals surface area (Å²) in [5.41, 5.74) is 3.92. The van der Waals surface area contributed by atoms with Crippen LogP contribution >= 0.6 is 11.6 Å². The van der Waals surface area contributed by atoms with E-state index in [0.717, 1.165) is 43.3 Å². The molecule has 3 rings (SSSR count). The van der Waals surface area contributed by atoms with Gasteiger partial charge in [0.25, 0.3) is 11.6 Å².